The molecule has 0 N–H and O–H groups in total. The van der Waals surface area contributed by atoms with E-state index in [0.717, 1.165) is 12.3 Å². The third-order valence-corrected chi connectivity index (χ3v) is 2.47. The van der Waals surface area contributed by atoms with Crippen molar-refractivity contribution in [2.24, 2.45) is 0 Å². The molecule has 18 heavy (non-hydrogen) atoms. The highest BCUT2D eigenvalue weighted by Gasteiger charge is 2.14. The Hall–Kier alpha value is -2.30. The summed E-state index contributed by atoms with van der Waals surface area (Å²) in [7, 11) is 1.51. The van der Waals surface area contributed by atoms with E-state index in [1.54, 1.807) is 6.07 Å². The number of benzene rings is 1. The number of nitrogens with zero attached hydrogens (tertiary/aromatic N) is 2. The number of hydrogen-bond donors (Lipinski definition) is 0. The summed E-state index contributed by atoms with van der Waals surface area (Å²) in [6.45, 7) is 0. The van der Waals surface area contributed by atoms with Crippen LogP contribution in [0.5, 0.6) is 0 Å². The van der Waals surface area contributed by atoms with Gasteiger partial charge in [-0.1, -0.05) is 6.07 Å². The van der Waals surface area contributed by atoms with Gasteiger partial charge in [-0.2, -0.15) is 4.39 Å². The average molecular weight is 248 g/mol. The number of amides is 1. The smallest absolute Gasteiger partial charge is 0.259 e. The van der Waals surface area contributed by atoms with Crippen LogP contribution in [0, 0.1) is 11.8 Å². The summed E-state index contributed by atoms with van der Waals surface area (Å²) in [6.07, 6.45) is 1.15. The lowest BCUT2D eigenvalue weighted by Gasteiger charge is -2.17. The molecule has 0 saturated heterocycles. The van der Waals surface area contributed by atoms with Crippen LogP contribution in [-0.4, -0.2) is 17.9 Å². The third kappa shape index (κ3) is 2.51. The molecule has 0 spiro atoms. The van der Waals surface area contributed by atoms with E-state index in [9.17, 15) is 13.6 Å². The molecule has 1 amide bonds. The second-order valence-corrected chi connectivity index (χ2v) is 3.71. The first kappa shape index (κ1) is 12.2. The van der Waals surface area contributed by atoms with Gasteiger partial charge < -0.3 is 4.90 Å². The first-order valence-electron chi connectivity index (χ1n) is 5.23. The fraction of sp³-hybridized carbons (Fsp3) is 0.0769. The average Bonchev–Trinajstić information content (AvgIpc) is 2.38. The highest BCUT2D eigenvalue weighted by atomic mass is 19.1. The standard InChI is InChI=1S/C13H10F2N2O/c1-17(11-4-2-3-10(14)7-11)13(18)9-5-6-12(15)16-8-9/h2-8H,1H3. The van der Waals surface area contributed by atoms with Gasteiger partial charge in [0.05, 0.1) is 5.56 Å². The van der Waals surface area contributed by atoms with Crippen LogP contribution in [0.15, 0.2) is 42.6 Å². The van der Waals surface area contributed by atoms with Crippen molar-refractivity contribution in [1.82, 2.24) is 4.98 Å². The zero-order valence-electron chi connectivity index (χ0n) is 9.60. The Bertz CT molecular complexity index is 569. The Balaban J connectivity index is 2.26. The summed E-state index contributed by atoms with van der Waals surface area (Å²) in [4.78, 5) is 16.7. The molecule has 1 aromatic heterocycles. The van der Waals surface area contributed by atoms with E-state index >= 15 is 0 Å². The maximum Gasteiger partial charge on any atom is 0.259 e. The summed E-state index contributed by atoms with van der Waals surface area (Å²) in [5.41, 5.74) is 0.660. The molecule has 1 aromatic carbocycles. The fourth-order valence-corrected chi connectivity index (χ4v) is 1.50. The Kier molecular flexibility index (Phi) is 3.32. The van der Waals surface area contributed by atoms with Gasteiger partial charge in [0.15, 0.2) is 0 Å². The van der Waals surface area contributed by atoms with E-state index in [4.69, 9.17) is 0 Å². The topological polar surface area (TPSA) is 33.2 Å². The van der Waals surface area contributed by atoms with E-state index in [-0.39, 0.29) is 11.5 Å². The molecule has 3 nitrogen and oxygen atoms in total. The van der Waals surface area contributed by atoms with E-state index in [1.807, 2.05) is 0 Å². The van der Waals surface area contributed by atoms with Crippen molar-refractivity contribution < 1.29 is 13.6 Å². The quantitative estimate of drug-likeness (QED) is 0.765. The first-order chi connectivity index (χ1) is 8.58. The molecular weight excluding hydrogens is 238 g/mol. The van der Waals surface area contributed by atoms with Gasteiger partial charge in [0.2, 0.25) is 5.95 Å². The lowest BCUT2D eigenvalue weighted by atomic mass is 10.2. The molecule has 2 rings (SSSR count). The highest BCUT2D eigenvalue weighted by Crippen LogP contribution is 2.16. The Morgan fingerprint density at radius 2 is 2.00 bits per heavy atom. The number of hydrogen-bond acceptors (Lipinski definition) is 2. The van der Waals surface area contributed by atoms with Crippen molar-refractivity contribution in [3.05, 3.63) is 59.9 Å². The van der Waals surface area contributed by atoms with Crippen LogP contribution in [0.4, 0.5) is 14.5 Å². The number of aromatic nitrogens is 1. The normalized spacial score (nSPS) is 10.2. The number of pyridine rings is 1. The molecule has 2 aromatic rings. The van der Waals surface area contributed by atoms with Crippen molar-refractivity contribution in [3.8, 4) is 0 Å². The van der Waals surface area contributed by atoms with E-state index in [0.29, 0.717) is 5.69 Å². The van der Waals surface area contributed by atoms with Gasteiger partial charge >= 0.3 is 0 Å². The van der Waals surface area contributed by atoms with Crippen LogP contribution in [0.25, 0.3) is 0 Å². The third-order valence-electron chi connectivity index (χ3n) is 2.47. The van der Waals surface area contributed by atoms with Crippen LogP contribution in [-0.2, 0) is 0 Å². The minimum Gasteiger partial charge on any atom is -0.311 e. The predicted molar refractivity (Wildman–Crippen MR) is 63.3 cm³/mol. The molecule has 0 unspecified atom stereocenters. The van der Waals surface area contributed by atoms with Crippen molar-refractivity contribution >= 4 is 11.6 Å². The van der Waals surface area contributed by atoms with Gasteiger partial charge in [-0.05, 0) is 30.3 Å². The van der Waals surface area contributed by atoms with Crippen molar-refractivity contribution in [3.63, 3.8) is 0 Å². The maximum atomic E-state index is 13.0. The molecule has 0 saturated carbocycles. The number of carbonyl (C=O) groups excluding carboxylic acids is 1. The molecular formula is C13H10F2N2O. The van der Waals surface area contributed by atoms with Crippen LogP contribution in [0.3, 0.4) is 0 Å². The zero-order valence-corrected chi connectivity index (χ0v) is 9.60. The summed E-state index contributed by atoms with van der Waals surface area (Å²) < 4.78 is 25.7. The fourth-order valence-electron chi connectivity index (χ4n) is 1.50. The number of anilines is 1. The summed E-state index contributed by atoms with van der Waals surface area (Å²) in [5.74, 6) is -1.46. The Morgan fingerprint density at radius 1 is 1.22 bits per heavy atom. The van der Waals surface area contributed by atoms with Crippen LogP contribution >= 0.6 is 0 Å². The lowest BCUT2D eigenvalue weighted by Crippen LogP contribution is -2.26. The molecule has 92 valence electrons. The van der Waals surface area contributed by atoms with Gasteiger partial charge in [-0.3, -0.25) is 4.79 Å². The second-order valence-electron chi connectivity index (χ2n) is 3.71. The molecule has 0 radical (unpaired) electrons. The summed E-state index contributed by atoms with van der Waals surface area (Å²) in [6, 6.07) is 8.10. The van der Waals surface area contributed by atoms with Crippen molar-refractivity contribution in [2.45, 2.75) is 0 Å². The van der Waals surface area contributed by atoms with Gasteiger partial charge in [0, 0.05) is 18.9 Å². The van der Waals surface area contributed by atoms with Gasteiger partial charge in [0.25, 0.3) is 5.91 Å². The molecule has 0 bridgehead atoms. The van der Waals surface area contributed by atoms with Gasteiger partial charge in [-0.25, -0.2) is 9.37 Å². The second kappa shape index (κ2) is 4.91. The van der Waals surface area contributed by atoms with E-state index < -0.39 is 11.8 Å². The van der Waals surface area contributed by atoms with Crippen LogP contribution in [0.2, 0.25) is 0 Å². The van der Waals surface area contributed by atoms with Gasteiger partial charge in [0.1, 0.15) is 5.82 Å². The largest absolute Gasteiger partial charge is 0.311 e. The van der Waals surface area contributed by atoms with E-state index in [2.05, 4.69) is 4.98 Å². The van der Waals surface area contributed by atoms with Crippen LogP contribution < -0.4 is 4.90 Å². The molecule has 1 heterocycles. The number of carbonyl (C=O) groups is 1. The highest BCUT2D eigenvalue weighted by molar-refractivity contribution is 6.05. The molecule has 0 aliphatic heterocycles. The zero-order chi connectivity index (χ0) is 13.1. The monoisotopic (exact) mass is 248 g/mol. The molecule has 0 atom stereocenters. The number of halogens is 2. The van der Waals surface area contributed by atoms with Crippen LogP contribution in [0.1, 0.15) is 10.4 Å². The molecule has 0 aliphatic rings. The summed E-state index contributed by atoms with van der Waals surface area (Å²) in [5, 5.41) is 0. The van der Waals surface area contributed by atoms with Gasteiger partial charge in [-0.15, -0.1) is 0 Å². The van der Waals surface area contributed by atoms with Crippen molar-refractivity contribution in [2.75, 3.05) is 11.9 Å². The Labute approximate surface area is 103 Å². The van der Waals surface area contributed by atoms with Crippen molar-refractivity contribution in [1.29, 1.82) is 0 Å². The number of rotatable bonds is 2. The summed E-state index contributed by atoms with van der Waals surface area (Å²) >= 11 is 0. The minimum absolute atomic E-state index is 0.239. The first-order valence-corrected chi connectivity index (χ1v) is 5.23. The predicted octanol–water partition coefficient (Wildman–Crippen LogP) is 2.64. The Morgan fingerprint density at radius 3 is 2.61 bits per heavy atom. The molecule has 0 fully saturated rings. The lowest BCUT2D eigenvalue weighted by molar-refractivity contribution is 0.0992. The maximum absolute atomic E-state index is 13.0. The molecule has 5 heteroatoms. The SMILES string of the molecule is CN(C(=O)c1ccc(F)nc1)c1cccc(F)c1. The van der Waals surface area contributed by atoms with E-state index in [1.165, 1.54) is 36.2 Å². The minimum atomic E-state index is -0.653. The molecule has 0 aliphatic carbocycles.